The van der Waals surface area contributed by atoms with E-state index in [1.807, 2.05) is 36.1 Å². The van der Waals surface area contributed by atoms with E-state index in [1.54, 1.807) is 13.0 Å². The van der Waals surface area contributed by atoms with E-state index in [0.29, 0.717) is 31.0 Å². The molecule has 0 saturated carbocycles. The summed E-state index contributed by atoms with van der Waals surface area (Å²) in [6.45, 7) is 4.95. The molecular formula is C19H21NO4. The van der Waals surface area contributed by atoms with Gasteiger partial charge >= 0.3 is 5.63 Å². The molecule has 3 rings (SSSR count). The summed E-state index contributed by atoms with van der Waals surface area (Å²) in [5.74, 6) is 1.13. The molecule has 1 saturated heterocycles. The van der Waals surface area contributed by atoms with Gasteiger partial charge in [-0.25, -0.2) is 4.79 Å². The van der Waals surface area contributed by atoms with Crippen LogP contribution < -0.4 is 10.4 Å². The van der Waals surface area contributed by atoms with Crippen LogP contribution in [0.15, 0.2) is 45.6 Å². The van der Waals surface area contributed by atoms with Crippen molar-refractivity contribution < 1.29 is 13.9 Å². The zero-order valence-corrected chi connectivity index (χ0v) is 14.0. The summed E-state index contributed by atoms with van der Waals surface area (Å²) < 4.78 is 10.8. The molecule has 1 amide bonds. The fraction of sp³-hybridized carbons (Fsp3) is 0.368. The maximum Gasteiger partial charge on any atom is 0.339 e. The summed E-state index contributed by atoms with van der Waals surface area (Å²) in [6, 6.07) is 11.0. The number of rotatable bonds is 4. The first-order valence-corrected chi connectivity index (χ1v) is 8.11. The van der Waals surface area contributed by atoms with Crippen molar-refractivity contribution >= 4 is 5.91 Å². The fourth-order valence-electron chi connectivity index (χ4n) is 3.00. The van der Waals surface area contributed by atoms with Crippen LogP contribution in [0.1, 0.15) is 23.3 Å². The first kappa shape index (κ1) is 16.3. The second-order valence-electron chi connectivity index (χ2n) is 6.26. The zero-order valence-electron chi connectivity index (χ0n) is 14.0. The molecule has 0 spiro atoms. The van der Waals surface area contributed by atoms with Gasteiger partial charge in [-0.15, -0.1) is 0 Å². The summed E-state index contributed by atoms with van der Waals surface area (Å²) in [4.78, 5) is 25.6. The third-order valence-electron chi connectivity index (χ3n) is 4.11. The van der Waals surface area contributed by atoms with E-state index in [0.717, 1.165) is 17.5 Å². The van der Waals surface area contributed by atoms with E-state index >= 15 is 0 Å². The third kappa shape index (κ3) is 4.04. The Morgan fingerprint density at radius 3 is 2.88 bits per heavy atom. The predicted octanol–water partition coefficient (Wildman–Crippen LogP) is 2.48. The number of aryl methyl sites for hydroxylation is 2. The van der Waals surface area contributed by atoms with Gasteiger partial charge in [0.1, 0.15) is 17.6 Å². The quantitative estimate of drug-likeness (QED) is 0.865. The van der Waals surface area contributed by atoms with Gasteiger partial charge < -0.3 is 14.1 Å². The van der Waals surface area contributed by atoms with Crippen LogP contribution in [-0.2, 0) is 11.2 Å². The molecule has 126 valence electrons. The molecule has 24 heavy (non-hydrogen) atoms. The van der Waals surface area contributed by atoms with Crippen LogP contribution in [0.5, 0.6) is 5.75 Å². The standard InChI is InChI=1S/C19H21NO4/c1-13-4-3-5-15(8-13)10-18(21)20-7-6-16(12-20)24-17-9-14(2)23-19(22)11-17/h3-5,8-9,11,16H,6-7,10,12H2,1-2H3/t16-/m0/s1. The first-order chi connectivity index (χ1) is 11.5. The van der Waals surface area contributed by atoms with Crippen molar-refractivity contribution in [3.8, 4) is 5.75 Å². The highest BCUT2D eigenvalue weighted by molar-refractivity contribution is 5.79. The number of carbonyl (C=O) groups excluding carboxylic acids is 1. The third-order valence-corrected chi connectivity index (χ3v) is 4.11. The molecule has 1 aromatic heterocycles. The zero-order chi connectivity index (χ0) is 17.1. The maximum atomic E-state index is 12.4. The number of amides is 1. The first-order valence-electron chi connectivity index (χ1n) is 8.11. The number of carbonyl (C=O) groups is 1. The molecule has 0 aliphatic carbocycles. The van der Waals surface area contributed by atoms with Crippen molar-refractivity contribution in [3.63, 3.8) is 0 Å². The topological polar surface area (TPSA) is 59.8 Å². The van der Waals surface area contributed by atoms with E-state index in [2.05, 4.69) is 0 Å². The summed E-state index contributed by atoms with van der Waals surface area (Å²) in [6.07, 6.45) is 1.08. The normalized spacial score (nSPS) is 17.1. The van der Waals surface area contributed by atoms with E-state index in [4.69, 9.17) is 9.15 Å². The molecule has 1 aliphatic heterocycles. The number of hydrogen-bond acceptors (Lipinski definition) is 4. The van der Waals surface area contributed by atoms with E-state index in [9.17, 15) is 9.59 Å². The summed E-state index contributed by atoms with van der Waals surface area (Å²) in [5, 5.41) is 0. The maximum absolute atomic E-state index is 12.4. The molecule has 1 atom stereocenters. The largest absolute Gasteiger partial charge is 0.488 e. The van der Waals surface area contributed by atoms with Crippen LogP contribution >= 0.6 is 0 Å². The van der Waals surface area contributed by atoms with Gasteiger partial charge in [-0.2, -0.15) is 0 Å². The highest BCUT2D eigenvalue weighted by Gasteiger charge is 2.27. The van der Waals surface area contributed by atoms with Gasteiger partial charge in [0, 0.05) is 19.0 Å². The van der Waals surface area contributed by atoms with Crippen LogP contribution in [-0.4, -0.2) is 30.0 Å². The lowest BCUT2D eigenvalue weighted by atomic mass is 10.1. The highest BCUT2D eigenvalue weighted by Crippen LogP contribution is 2.19. The number of likely N-dealkylation sites (tertiary alicyclic amines) is 1. The Balaban J connectivity index is 1.58. The van der Waals surface area contributed by atoms with Crippen molar-refractivity contribution in [2.24, 2.45) is 0 Å². The SMILES string of the molecule is Cc1cccc(CC(=O)N2CC[C@H](Oc3cc(C)oc(=O)c3)C2)c1. The van der Waals surface area contributed by atoms with Gasteiger partial charge in [0.05, 0.1) is 19.0 Å². The smallest absolute Gasteiger partial charge is 0.339 e. The van der Waals surface area contributed by atoms with E-state index in [-0.39, 0.29) is 12.0 Å². The Labute approximate surface area is 140 Å². The second kappa shape index (κ2) is 6.91. The number of hydrogen-bond donors (Lipinski definition) is 0. The van der Waals surface area contributed by atoms with Gasteiger partial charge in [-0.3, -0.25) is 4.79 Å². The molecular weight excluding hydrogens is 306 g/mol. The lowest BCUT2D eigenvalue weighted by molar-refractivity contribution is -0.129. The van der Waals surface area contributed by atoms with Crippen molar-refractivity contribution in [1.29, 1.82) is 0 Å². The van der Waals surface area contributed by atoms with Gasteiger partial charge in [0.25, 0.3) is 0 Å². The summed E-state index contributed by atoms with van der Waals surface area (Å²) >= 11 is 0. The Hall–Kier alpha value is -2.56. The van der Waals surface area contributed by atoms with Crippen LogP contribution in [0.2, 0.25) is 0 Å². The average molecular weight is 327 g/mol. The second-order valence-corrected chi connectivity index (χ2v) is 6.26. The lowest BCUT2D eigenvalue weighted by Gasteiger charge is -2.17. The van der Waals surface area contributed by atoms with E-state index in [1.165, 1.54) is 6.07 Å². The molecule has 1 aromatic carbocycles. The van der Waals surface area contributed by atoms with Gasteiger partial charge in [0.15, 0.2) is 0 Å². The van der Waals surface area contributed by atoms with Crippen LogP contribution in [0, 0.1) is 13.8 Å². The lowest BCUT2D eigenvalue weighted by Crippen LogP contribution is -2.32. The number of ether oxygens (including phenoxy) is 1. The number of benzene rings is 1. The van der Waals surface area contributed by atoms with Crippen molar-refractivity contribution in [3.05, 3.63) is 63.7 Å². The van der Waals surface area contributed by atoms with Crippen LogP contribution in [0.4, 0.5) is 0 Å². The minimum atomic E-state index is -0.421. The van der Waals surface area contributed by atoms with Crippen molar-refractivity contribution in [2.75, 3.05) is 13.1 Å². The molecule has 5 nitrogen and oxygen atoms in total. The summed E-state index contributed by atoms with van der Waals surface area (Å²) in [5.41, 5.74) is 1.76. The molecule has 0 radical (unpaired) electrons. The Morgan fingerprint density at radius 2 is 2.12 bits per heavy atom. The minimum Gasteiger partial charge on any atom is -0.488 e. The van der Waals surface area contributed by atoms with Gasteiger partial charge in [0.2, 0.25) is 5.91 Å². The van der Waals surface area contributed by atoms with Crippen molar-refractivity contribution in [1.82, 2.24) is 4.90 Å². The molecule has 0 bridgehead atoms. The van der Waals surface area contributed by atoms with E-state index < -0.39 is 5.63 Å². The van der Waals surface area contributed by atoms with Crippen molar-refractivity contribution in [2.45, 2.75) is 32.8 Å². The molecule has 1 aliphatic rings. The average Bonchev–Trinajstić information content (AvgIpc) is 2.94. The van der Waals surface area contributed by atoms with Crippen LogP contribution in [0.25, 0.3) is 0 Å². The Bertz CT molecular complexity index is 796. The Kier molecular flexibility index (Phi) is 4.69. The Morgan fingerprint density at radius 1 is 1.29 bits per heavy atom. The molecule has 0 unspecified atom stereocenters. The number of nitrogens with zero attached hydrogens (tertiary/aromatic N) is 1. The highest BCUT2D eigenvalue weighted by atomic mass is 16.5. The summed E-state index contributed by atoms with van der Waals surface area (Å²) in [7, 11) is 0. The predicted molar refractivity (Wildman–Crippen MR) is 90.2 cm³/mol. The minimum absolute atomic E-state index is 0.0901. The molecule has 1 fully saturated rings. The molecule has 5 heteroatoms. The van der Waals surface area contributed by atoms with Gasteiger partial charge in [-0.05, 0) is 19.4 Å². The molecule has 2 heterocycles. The van der Waals surface area contributed by atoms with Crippen LogP contribution in [0.3, 0.4) is 0 Å². The monoisotopic (exact) mass is 327 g/mol. The molecule has 0 N–H and O–H groups in total. The van der Waals surface area contributed by atoms with Gasteiger partial charge in [-0.1, -0.05) is 29.8 Å². The fourth-order valence-corrected chi connectivity index (χ4v) is 3.00. The molecule has 2 aromatic rings.